The Balaban J connectivity index is 2.51. The fourth-order valence-corrected chi connectivity index (χ4v) is 3.30. The zero-order chi connectivity index (χ0) is 19.2. The van der Waals surface area contributed by atoms with Gasteiger partial charge in [-0.3, -0.25) is 9.48 Å². The maximum absolute atomic E-state index is 13.1. The molecule has 1 aromatic heterocycles. The molecule has 0 fully saturated rings. The summed E-state index contributed by atoms with van der Waals surface area (Å²) in [6.07, 6.45) is -4.87. The van der Waals surface area contributed by atoms with Crippen molar-refractivity contribution in [3.8, 4) is 6.07 Å². The molecule has 0 bridgehead atoms. The van der Waals surface area contributed by atoms with Crippen molar-refractivity contribution in [2.24, 2.45) is 12.5 Å². The molecule has 0 aliphatic carbocycles. The standard InChI is InChI=1S/C15H14ClF3N4OS/c1-14(2,3)8-6-25-13(21-8)7(5-20)10(24)9-11(15(17,18)19)22-23(4)12(9)16/h6,21H,1-4H3/b13-7+. The molecule has 0 atom stereocenters. The van der Waals surface area contributed by atoms with Gasteiger partial charge in [0.2, 0.25) is 5.78 Å². The van der Waals surface area contributed by atoms with Gasteiger partial charge in [0.25, 0.3) is 0 Å². The second-order valence-electron chi connectivity index (χ2n) is 6.31. The number of allylic oxidation sites excluding steroid dienone is 2. The average molecular weight is 391 g/mol. The number of aromatic nitrogens is 2. The van der Waals surface area contributed by atoms with Crippen LogP contribution in [0.4, 0.5) is 13.2 Å². The Labute approximate surface area is 151 Å². The summed E-state index contributed by atoms with van der Waals surface area (Å²) in [6.45, 7) is 5.76. The van der Waals surface area contributed by atoms with Gasteiger partial charge in [-0.15, -0.1) is 0 Å². The van der Waals surface area contributed by atoms with Crippen LogP contribution in [0.3, 0.4) is 0 Å². The van der Waals surface area contributed by atoms with Crippen LogP contribution in [0.25, 0.3) is 0 Å². The van der Waals surface area contributed by atoms with Crippen LogP contribution in [0.5, 0.6) is 0 Å². The predicted molar refractivity (Wildman–Crippen MR) is 88.5 cm³/mol. The number of halogens is 4. The van der Waals surface area contributed by atoms with E-state index in [-0.39, 0.29) is 10.4 Å². The number of hydrogen-bond acceptors (Lipinski definition) is 5. The first-order valence-electron chi connectivity index (χ1n) is 7.01. The first kappa shape index (κ1) is 19.4. The van der Waals surface area contributed by atoms with E-state index in [0.717, 1.165) is 22.1 Å². The first-order chi connectivity index (χ1) is 11.4. The molecule has 1 aliphatic rings. The van der Waals surface area contributed by atoms with E-state index in [0.29, 0.717) is 0 Å². The number of thioether (sulfide) groups is 1. The van der Waals surface area contributed by atoms with Crippen molar-refractivity contribution in [3.05, 3.63) is 38.1 Å². The number of Topliss-reactive ketones (excluding diaryl/α,β-unsaturated/α-hetero) is 1. The highest BCUT2D eigenvalue weighted by atomic mass is 35.5. The van der Waals surface area contributed by atoms with E-state index < -0.39 is 33.9 Å². The van der Waals surface area contributed by atoms with Gasteiger partial charge < -0.3 is 5.32 Å². The molecule has 25 heavy (non-hydrogen) atoms. The minimum absolute atomic E-state index is 0.172. The van der Waals surface area contributed by atoms with Crippen LogP contribution in [0.15, 0.2) is 21.7 Å². The SMILES string of the molecule is Cn1nc(C(F)(F)F)c(C(=O)/C(C#N)=C2\NC(C(C)(C)C)=CS2)c1Cl. The largest absolute Gasteiger partial charge is 0.435 e. The van der Waals surface area contributed by atoms with E-state index >= 15 is 0 Å². The Morgan fingerprint density at radius 3 is 2.44 bits per heavy atom. The Kier molecular flexibility index (Phi) is 4.99. The number of carbonyl (C=O) groups excluding carboxylic acids is 1. The van der Waals surface area contributed by atoms with Crippen LogP contribution in [-0.4, -0.2) is 15.6 Å². The van der Waals surface area contributed by atoms with E-state index in [9.17, 15) is 23.2 Å². The zero-order valence-electron chi connectivity index (χ0n) is 13.7. The van der Waals surface area contributed by atoms with Gasteiger partial charge >= 0.3 is 6.18 Å². The normalized spacial score (nSPS) is 17.0. The summed E-state index contributed by atoms with van der Waals surface area (Å²) in [7, 11) is 1.19. The summed E-state index contributed by atoms with van der Waals surface area (Å²) in [5.41, 5.74) is -2.21. The number of carbonyl (C=O) groups is 1. The van der Waals surface area contributed by atoms with Crippen molar-refractivity contribution < 1.29 is 18.0 Å². The third-order valence-electron chi connectivity index (χ3n) is 3.39. The van der Waals surface area contributed by atoms with E-state index in [4.69, 9.17) is 11.6 Å². The topological polar surface area (TPSA) is 70.7 Å². The van der Waals surface area contributed by atoms with Crippen LogP contribution in [0.2, 0.25) is 5.15 Å². The summed E-state index contributed by atoms with van der Waals surface area (Å²) >= 11 is 6.90. The number of nitrogens with zero attached hydrogens (tertiary/aromatic N) is 3. The Bertz CT molecular complexity index is 841. The van der Waals surface area contributed by atoms with Crippen LogP contribution in [0.1, 0.15) is 36.8 Å². The molecule has 0 spiro atoms. The zero-order valence-corrected chi connectivity index (χ0v) is 15.3. The van der Waals surface area contributed by atoms with Gasteiger partial charge in [-0.1, -0.05) is 44.1 Å². The second kappa shape index (κ2) is 6.42. The van der Waals surface area contributed by atoms with Crippen molar-refractivity contribution in [1.29, 1.82) is 5.26 Å². The van der Waals surface area contributed by atoms with Gasteiger partial charge in [0, 0.05) is 18.2 Å². The molecule has 0 saturated heterocycles. The summed E-state index contributed by atoms with van der Waals surface area (Å²) in [6, 6.07) is 1.68. The second-order valence-corrected chi connectivity index (χ2v) is 7.54. The Morgan fingerprint density at radius 1 is 1.40 bits per heavy atom. The third kappa shape index (κ3) is 3.70. The molecule has 5 nitrogen and oxygen atoms in total. The summed E-state index contributed by atoms with van der Waals surface area (Å²) in [4.78, 5) is 12.6. The number of hydrogen-bond donors (Lipinski definition) is 1. The van der Waals surface area contributed by atoms with Gasteiger partial charge in [-0.05, 0) is 5.41 Å². The highest BCUT2D eigenvalue weighted by Crippen LogP contribution is 2.39. The van der Waals surface area contributed by atoms with Gasteiger partial charge in [-0.2, -0.15) is 23.5 Å². The number of ketones is 1. The monoisotopic (exact) mass is 390 g/mol. The quantitative estimate of drug-likeness (QED) is 0.464. The number of aryl methyl sites for hydroxylation is 1. The molecule has 0 aromatic carbocycles. The van der Waals surface area contributed by atoms with Crippen molar-refractivity contribution in [1.82, 2.24) is 15.1 Å². The number of nitriles is 1. The molecule has 1 aliphatic heterocycles. The Hall–Kier alpha value is -1.92. The molecular formula is C15H14ClF3N4OS. The average Bonchev–Trinajstić information content (AvgIpc) is 3.05. The molecule has 134 valence electrons. The molecule has 1 N–H and O–H groups in total. The molecule has 0 saturated carbocycles. The third-order valence-corrected chi connectivity index (χ3v) is 4.72. The van der Waals surface area contributed by atoms with Crippen LogP contribution in [0, 0.1) is 16.7 Å². The smallest absolute Gasteiger partial charge is 0.351 e. The van der Waals surface area contributed by atoms with E-state index in [2.05, 4.69) is 10.4 Å². The molecule has 0 radical (unpaired) electrons. The predicted octanol–water partition coefficient (Wildman–Crippen LogP) is 4.23. The molecule has 2 heterocycles. The highest BCUT2D eigenvalue weighted by molar-refractivity contribution is 8.06. The maximum atomic E-state index is 13.1. The summed E-state index contributed by atoms with van der Waals surface area (Å²) < 4.78 is 40.2. The summed E-state index contributed by atoms with van der Waals surface area (Å²) in [5.74, 6) is -1.12. The van der Waals surface area contributed by atoms with Gasteiger partial charge in [0.05, 0.1) is 10.6 Å². The lowest BCUT2D eigenvalue weighted by Crippen LogP contribution is -2.22. The van der Waals surface area contributed by atoms with Gasteiger partial charge in [0.15, 0.2) is 5.69 Å². The van der Waals surface area contributed by atoms with Crippen LogP contribution < -0.4 is 5.32 Å². The van der Waals surface area contributed by atoms with Gasteiger partial charge in [-0.25, -0.2) is 0 Å². The van der Waals surface area contributed by atoms with Crippen molar-refractivity contribution in [2.45, 2.75) is 26.9 Å². The minimum atomic E-state index is -4.87. The fraction of sp³-hybridized carbons (Fsp3) is 0.400. The molecule has 1 aromatic rings. The van der Waals surface area contributed by atoms with Crippen LogP contribution in [-0.2, 0) is 13.2 Å². The molecule has 0 amide bonds. The molecule has 0 unspecified atom stereocenters. The number of nitrogens with one attached hydrogen (secondary N) is 1. The molecule has 10 heteroatoms. The molecule has 2 rings (SSSR count). The summed E-state index contributed by atoms with van der Waals surface area (Å²) in [5, 5.41) is 16.9. The lowest BCUT2D eigenvalue weighted by atomic mass is 9.93. The number of rotatable bonds is 2. The Morgan fingerprint density at radius 2 is 2.00 bits per heavy atom. The molecular weight excluding hydrogens is 377 g/mol. The van der Waals surface area contributed by atoms with E-state index in [1.165, 1.54) is 7.05 Å². The lowest BCUT2D eigenvalue weighted by molar-refractivity contribution is -0.141. The van der Waals surface area contributed by atoms with Crippen LogP contribution >= 0.6 is 23.4 Å². The van der Waals surface area contributed by atoms with E-state index in [1.807, 2.05) is 20.8 Å². The fourth-order valence-electron chi connectivity index (χ4n) is 2.02. The van der Waals surface area contributed by atoms with Crippen molar-refractivity contribution in [3.63, 3.8) is 0 Å². The lowest BCUT2D eigenvalue weighted by Gasteiger charge is -2.20. The van der Waals surface area contributed by atoms with E-state index in [1.54, 1.807) is 11.5 Å². The first-order valence-corrected chi connectivity index (χ1v) is 8.26. The minimum Gasteiger partial charge on any atom is -0.351 e. The highest BCUT2D eigenvalue weighted by Gasteiger charge is 2.42. The maximum Gasteiger partial charge on any atom is 0.435 e. The van der Waals surface area contributed by atoms with Crippen molar-refractivity contribution >= 4 is 29.1 Å². The van der Waals surface area contributed by atoms with Crippen molar-refractivity contribution in [2.75, 3.05) is 0 Å². The number of alkyl halides is 3. The van der Waals surface area contributed by atoms with Gasteiger partial charge in [0.1, 0.15) is 16.8 Å².